The normalized spacial score (nSPS) is 13.0. The number of hydrogen-bond acceptors (Lipinski definition) is 9. The monoisotopic (exact) mass is 699 g/mol. The number of carbonyl (C=O) groups excluding carboxylic acids is 3. The molecule has 2 aromatic heterocycles. The highest BCUT2D eigenvalue weighted by molar-refractivity contribution is 6.10. The third kappa shape index (κ3) is 7.41. The maximum Gasteiger partial charge on any atom is 0.293 e. The van der Waals surface area contributed by atoms with Crippen LogP contribution in [0.25, 0.3) is 21.9 Å². The number of rotatable bonds is 9. The molecule has 0 unspecified atom stereocenters. The number of imide groups is 1. The van der Waals surface area contributed by atoms with Crippen LogP contribution in [0.1, 0.15) is 66.4 Å². The van der Waals surface area contributed by atoms with Gasteiger partial charge >= 0.3 is 0 Å². The smallest absolute Gasteiger partial charge is 0.293 e. The van der Waals surface area contributed by atoms with E-state index in [0.29, 0.717) is 27.8 Å². The molecule has 0 spiro atoms. The average molecular weight is 700 g/mol. The van der Waals surface area contributed by atoms with Crippen LogP contribution in [-0.2, 0) is 6.42 Å². The quantitative estimate of drug-likeness (QED) is 0.133. The molecule has 4 aromatic carbocycles. The summed E-state index contributed by atoms with van der Waals surface area (Å²) in [6.07, 6.45) is 4.56. The van der Waals surface area contributed by atoms with E-state index in [9.17, 15) is 19.6 Å². The van der Waals surface area contributed by atoms with Gasteiger partial charge in [-0.15, -0.1) is 0 Å². The number of aromatic nitrogens is 1. The first kappa shape index (κ1) is 34.4. The van der Waals surface area contributed by atoms with Crippen molar-refractivity contribution in [2.75, 3.05) is 37.6 Å². The Morgan fingerprint density at radius 1 is 0.698 bits per heavy atom. The van der Waals surface area contributed by atoms with Crippen molar-refractivity contribution in [1.29, 1.82) is 15.8 Å². The molecule has 260 valence electrons. The number of unbranched alkanes of at least 4 members (excludes halogenated alkanes) is 1. The van der Waals surface area contributed by atoms with E-state index in [1.165, 1.54) is 24.3 Å². The molecule has 11 nitrogen and oxygen atoms in total. The summed E-state index contributed by atoms with van der Waals surface area (Å²) in [4.78, 5) is 43.5. The topological polar surface area (TPSA) is 159 Å². The fraction of sp³-hybridized carbons (Fsp3) is 0.190. The van der Waals surface area contributed by atoms with Crippen LogP contribution in [-0.4, -0.2) is 59.9 Å². The molecule has 1 fully saturated rings. The summed E-state index contributed by atoms with van der Waals surface area (Å²) in [5.41, 5.74) is 5.58. The molecule has 2 amide bonds. The largest absolute Gasteiger partial charge is 0.451 e. The number of fused-ring (bicyclic) bond motifs is 2. The van der Waals surface area contributed by atoms with Crippen molar-refractivity contribution in [2.45, 2.75) is 19.3 Å². The summed E-state index contributed by atoms with van der Waals surface area (Å²) in [6, 6.07) is 31.7. The maximum absolute atomic E-state index is 13.4. The van der Waals surface area contributed by atoms with Crippen LogP contribution in [0.3, 0.4) is 0 Å². The summed E-state index contributed by atoms with van der Waals surface area (Å²) < 4.78 is 7.39. The number of nitriles is 3. The Morgan fingerprint density at radius 2 is 1.36 bits per heavy atom. The van der Waals surface area contributed by atoms with Gasteiger partial charge in [-0.2, -0.15) is 15.8 Å². The van der Waals surface area contributed by atoms with E-state index in [1.54, 1.807) is 41.0 Å². The molecule has 0 saturated carbocycles. The maximum atomic E-state index is 13.4. The second-order valence-electron chi connectivity index (χ2n) is 13.0. The molecule has 1 aliphatic rings. The summed E-state index contributed by atoms with van der Waals surface area (Å²) in [5, 5.41) is 31.6. The Balaban J connectivity index is 0.924. The molecular formula is C42H33N7O4. The summed E-state index contributed by atoms with van der Waals surface area (Å²) in [7, 11) is 0. The second-order valence-corrected chi connectivity index (χ2v) is 13.0. The number of nitrogens with zero attached hydrogens (tertiary/aromatic N) is 6. The summed E-state index contributed by atoms with van der Waals surface area (Å²) >= 11 is 0. The number of benzene rings is 4. The van der Waals surface area contributed by atoms with Gasteiger partial charge in [0.2, 0.25) is 0 Å². The number of aryl methyl sites for hydroxylation is 1. The summed E-state index contributed by atoms with van der Waals surface area (Å²) in [5.74, 6) is -1.36. The zero-order chi connectivity index (χ0) is 36.9. The van der Waals surface area contributed by atoms with E-state index in [2.05, 4.69) is 27.3 Å². The van der Waals surface area contributed by atoms with Crippen molar-refractivity contribution in [3.63, 3.8) is 0 Å². The van der Waals surface area contributed by atoms with Crippen LogP contribution >= 0.6 is 0 Å². The van der Waals surface area contributed by atoms with Gasteiger partial charge < -0.3 is 9.32 Å². The van der Waals surface area contributed by atoms with Crippen LogP contribution in [0, 0.1) is 34.0 Å². The Labute approximate surface area is 305 Å². The summed E-state index contributed by atoms with van der Waals surface area (Å²) in [6.45, 7) is 4.44. The lowest BCUT2D eigenvalue weighted by atomic mass is 10.0. The average Bonchev–Trinajstić information content (AvgIpc) is 3.80. The Kier molecular flexibility index (Phi) is 9.80. The zero-order valence-corrected chi connectivity index (χ0v) is 28.7. The van der Waals surface area contributed by atoms with E-state index in [0.717, 1.165) is 79.5 Å². The standard InChI is InChI=1S/C42H33N7O4/c43-24-28-4-9-31(10-5-28)40(50)46-41(51)39-23-34-22-35(13-15-38(34)53-39)48-19-17-47(18-20-48)16-2-1-3-33-27-49(37-14-8-30(26-45)21-36(33)37)42(52)32-11-6-29(25-44)7-12-32/h4-15,21-23,27H,1-3,16-20H2,(H,46,50,51). The Hall–Kier alpha value is -7.00. The highest BCUT2D eigenvalue weighted by Gasteiger charge is 2.21. The van der Waals surface area contributed by atoms with Gasteiger partial charge in [0.15, 0.2) is 5.76 Å². The van der Waals surface area contributed by atoms with Gasteiger partial charge in [0, 0.05) is 60.0 Å². The molecule has 0 atom stereocenters. The first-order valence-electron chi connectivity index (χ1n) is 17.3. The van der Waals surface area contributed by atoms with E-state index in [4.69, 9.17) is 14.9 Å². The highest BCUT2D eigenvalue weighted by Crippen LogP contribution is 2.28. The number of anilines is 1. The molecule has 1 aliphatic heterocycles. The lowest BCUT2D eigenvalue weighted by Crippen LogP contribution is -2.46. The van der Waals surface area contributed by atoms with Crippen molar-refractivity contribution >= 4 is 45.3 Å². The molecule has 6 aromatic rings. The molecule has 1 N–H and O–H groups in total. The number of piperazine rings is 1. The molecule has 7 rings (SSSR count). The third-order valence-electron chi connectivity index (χ3n) is 9.63. The lowest BCUT2D eigenvalue weighted by Gasteiger charge is -2.36. The molecule has 0 aliphatic carbocycles. The number of carbonyl (C=O) groups is 3. The van der Waals surface area contributed by atoms with Crippen molar-refractivity contribution in [3.05, 3.63) is 136 Å². The van der Waals surface area contributed by atoms with Crippen LogP contribution in [0.2, 0.25) is 0 Å². The first-order valence-corrected chi connectivity index (χ1v) is 17.3. The molecule has 11 heteroatoms. The van der Waals surface area contributed by atoms with Gasteiger partial charge in [-0.25, -0.2) is 0 Å². The fourth-order valence-corrected chi connectivity index (χ4v) is 6.71. The minimum Gasteiger partial charge on any atom is -0.451 e. The van der Waals surface area contributed by atoms with Crippen molar-refractivity contribution in [2.24, 2.45) is 0 Å². The molecule has 0 radical (unpaired) electrons. The molecule has 53 heavy (non-hydrogen) atoms. The fourth-order valence-electron chi connectivity index (χ4n) is 6.71. The van der Waals surface area contributed by atoms with Crippen molar-refractivity contribution < 1.29 is 18.8 Å². The number of hydrogen-bond donors (Lipinski definition) is 1. The van der Waals surface area contributed by atoms with Gasteiger partial charge in [-0.05, 0) is 122 Å². The first-order chi connectivity index (χ1) is 25.8. The highest BCUT2D eigenvalue weighted by atomic mass is 16.3. The van der Waals surface area contributed by atoms with Crippen LogP contribution in [0.5, 0.6) is 0 Å². The predicted octanol–water partition coefficient (Wildman–Crippen LogP) is 6.41. The molecule has 1 saturated heterocycles. The third-order valence-corrected chi connectivity index (χ3v) is 9.63. The van der Waals surface area contributed by atoms with E-state index in [1.807, 2.05) is 42.6 Å². The van der Waals surface area contributed by atoms with Gasteiger partial charge in [-0.1, -0.05) is 0 Å². The number of amides is 2. The Morgan fingerprint density at radius 3 is 2.04 bits per heavy atom. The van der Waals surface area contributed by atoms with Gasteiger partial charge in [-0.3, -0.25) is 29.2 Å². The lowest BCUT2D eigenvalue weighted by molar-refractivity contribution is 0.0833. The van der Waals surface area contributed by atoms with E-state index < -0.39 is 11.8 Å². The second kappa shape index (κ2) is 15.1. The van der Waals surface area contributed by atoms with Crippen LogP contribution in [0.15, 0.2) is 102 Å². The van der Waals surface area contributed by atoms with Gasteiger partial charge in [0.25, 0.3) is 17.7 Å². The molecular weight excluding hydrogens is 667 g/mol. The zero-order valence-electron chi connectivity index (χ0n) is 28.7. The Bertz CT molecular complexity index is 2480. The van der Waals surface area contributed by atoms with Crippen molar-refractivity contribution in [1.82, 2.24) is 14.8 Å². The predicted molar refractivity (Wildman–Crippen MR) is 198 cm³/mol. The number of furan rings is 1. The molecule has 3 heterocycles. The number of nitrogens with one attached hydrogen (secondary N) is 1. The minimum atomic E-state index is -0.639. The minimum absolute atomic E-state index is 0.0388. The van der Waals surface area contributed by atoms with E-state index in [-0.39, 0.29) is 17.2 Å². The van der Waals surface area contributed by atoms with E-state index >= 15 is 0 Å². The van der Waals surface area contributed by atoms with Crippen LogP contribution < -0.4 is 10.2 Å². The van der Waals surface area contributed by atoms with Crippen LogP contribution in [0.4, 0.5) is 5.69 Å². The molecule has 0 bridgehead atoms. The van der Waals surface area contributed by atoms with Crippen molar-refractivity contribution in [3.8, 4) is 18.2 Å². The SMILES string of the molecule is N#Cc1ccc(C(=O)NC(=O)c2cc3cc(N4CCN(CCCCc5cn(C(=O)c6ccc(C#N)cc6)c6ccc(C#N)cc56)CC4)ccc3o2)cc1. The van der Waals surface area contributed by atoms with Gasteiger partial charge in [0.05, 0.1) is 40.4 Å². The van der Waals surface area contributed by atoms with Gasteiger partial charge in [0.1, 0.15) is 5.58 Å².